The van der Waals surface area contributed by atoms with Gasteiger partial charge < -0.3 is 15.7 Å². The van der Waals surface area contributed by atoms with E-state index in [9.17, 15) is 9.90 Å². The largest absolute Gasteiger partial charge is 0.508 e. The highest BCUT2D eigenvalue weighted by molar-refractivity contribution is 9.10. The van der Waals surface area contributed by atoms with Crippen LogP contribution in [0.15, 0.2) is 46.9 Å². The average molecular weight is 389 g/mol. The molecule has 4 nitrogen and oxygen atoms in total. The Balaban J connectivity index is 1.80. The van der Waals surface area contributed by atoms with Gasteiger partial charge in [0.05, 0.1) is 0 Å². The standard InChI is InChI=1S/C19H21BrN2O2/c1-12-8-13-4-2-3-5-18(13)22(11-12)19(24)10-17(21)15-7-6-14(23)9-16(15)20/h2-7,9,12,17,23H,8,10-11,21H2,1H3. The summed E-state index contributed by atoms with van der Waals surface area (Å²) >= 11 is 3.40. The Morgan fingerprint density at radius 3 is 2.88 bits per heavy atom. The van der Waals surface area contributed by atoms with Gasteiger partial charge in [-0.2, -0.15) is 0 Å². The van der Waals surface area contributed by atoms with Crippen molar-refractivity contribution in [2.45, 2.75) is 25.8 Å². The number of aromatic hydroxyl groups is 1. The molecule has 0 aromatic heterocycles. The molecule has 0 radical (unpaired) electrons. The van der Waals surface area contributed by atoms with Gasteiger partial charge in [0.1, 0.15) is 5.75 Å². The summed E-state index contributed by atoms with van der Waals surface area (Å²) in [6.07, 6.45) is 1.22. The van der Waals surface area contributed by atoms with Crippen molar-refractivity contribution in [3.63, 3.8) is 0 Å². The van der Waals surface area contributed by atoms with Gasteiger partial charge in [0.2, 0.25) is 5.91 Å². The number of anilines is 1. The van der Waals surface area contributed by atoms with Gasteiger partial charge in [0.25, 0.3) is 0 Å². The maximum absolute atomic E-state index is 12.8. The zero-order valence-electron chi connectivity index (χ0n) is 13.6. The number of benzene rings is 2. The van der Waals surface area contributed by atoms with Crippen molar-refractivity contribution in [3.8, 4) is 5.75 Å². The third-order valence-electron chi connectivity index (χ3n) is 4.42. The molecule has 1 amide bonds. The lowest BCUT2D eigenvalue weighted by molar-refractivity contribution is -0.119. The van der Waals surface area contributed by atoms with Crippen molar-refractivity contribution in [3.05, 3.63) is 58.1 Å². The fraction of sp³-hybridized carbons (Fsp3) is 0.316. The summed E-state index contributed by atoms with van der Waals surface area (Å²) in [5.74, 6) is 0.630. The number of carbonyl (C=O) groups excluding carboxylic acids is 1. The maximum atomic E-state index is 12.8. The molecule has 1 heterocycles. The maximum Gasteiger partial charge on any atom is 0.228 e. The number of phenolic OH excluding ortho intramolecular Hbond substituents is 1. The fourth-order valence-electron chi connectivity index (χ4n) is 3.26. The second kappa shape index (κ2) is 6.95. The Labute approximate surface area is 150 Å². The lowest BCUT2D eigenvalue weighted by Crippen LogP contribution is -2.40. The van der Waals surface area contributed by atoms with Crippen LogP contribution in [0.4, 0.5) is 5.69 Å². The number of carbonyl (C=O) groups is 1. The number of halogens is 1. The van der Waals surface area contributed by atoms with Crippen molar-refractivity contribution >= 4 is 27.5 Å². The molecule has 2 unspecified atom stereocenters. The van der Waals surface area contributed by atoms with E-state index in [0.717, 1.165) is 28.7 Å². The summed E-state index contributed by atoms with van der Waals surface area (Å²) in [6, 6.07) is 12.6. The minimum Gasteiger partial charge on any atom is -0.508 e. The van der Waals surface area contributed by atoms with Crippen LogP contribution in [0.2, 0.25) is 0 Å². The van der Waals surface area contributed by atoms with Crippen LogP contribution in [-0.2, 0) is 11.2 Å². The molecular formula is C19H21BrN2O2. The van der Waals surface area contributed by atoms with Crippen LogP contribution in [-0.4, -0.2) is 17.6 Å². The van der Waals surface area contributed by atoms with Crippen LogP contribution in [0.3, 0.4) is 0 Å². The van der Waals surface area contributed by atoms with Gasteiger partial charge in [-0.15, -0.1) is 0 Å². The van der Waals surface area contributed by atoms with Gasteiger partial charge in [-0.05, 0) is 41.7 Å². The Morgan fingerprint density at radius 1 is 1.38 bits per heavy atom. The molecule has 2 aromatic rings. The molecule has 3 rings (SSSR count). The quantitative estimate of drug-likeness (QED) is 0.840. The molecule has 0 saturated carbocycles. The third-order valence-corrected chi connectivity index (χ3v) is 5.11. The lowest BCUT2D eigenvalue weighted by Gasteiger charge is -2.34. The van der Waals surface area contributed by atoms with E-state index in [4.69, 9.17) is 5.73 Å². The first-order valence-electron chi connectivity index (χ1n) is 8.08. The van der Waals surface area contributed by atoms with Gasteiger partial charge in [0, 0.05) is 29.2 Å². The Bertz CT molecular complexity index is 763. The van der Waals surface area contributed by atoms with Gasteiger partial charge in [0.15, 0.2) is 0 Å². The summed E-state index contributed by atoms with van der Waals surface area (Å²) in [6.45, 7) is 2.88. The molecule has 2 aromatic carbocycles. The number of nitrogens with zero attached hydrogens (tertiary/aromatic N) is 1. The zero-order valence-corrected chi connectivity index (χ0v) is 15.2. The van der Waals surface area contributed by atoms with Gasteiger partial charge in [-0.25, -0.2) is 0 Å². The first kappa shape index (κ1) is 17.0. The first-order valence-corrected chi connectivity index (χ1v) is 8.87. The monoisotopic (exact) mass is 388 g/mol. The predicted molar refractivity (Wildman–Crippen MR) is 99.0 cm³/mol. The number of hydrogen-bond donors (Lipinski definition) is 2. The molecule has 3 N–H and O–H groups in total. The smallest absolute Gasteiger partial charge is 0.228 e. The minimum atomic E-state index is -0.420. The molecule has 24 heavy (non-hydrogen) atoms. The lowest BCUT2D eigenvalue weighted by atomic mass is 9.93. The molecule has 0 spiro atoms. The van der Waals surface area contributed by atoms with Crippen LogP contribution >= 0.6 is 15.9 Å². The Kier molecular flexibility index (Phi) is 4.92. The summed E-state index contributed by atoms with van der Waals surface area (Å²) < 4.78 is 0.718. The van der Waals surface area contributed by atoms with Crippen molar-refractivity contribution < 1.29 is 9.90 Å². The summed E-state index contributed by atoms with van der Waals surface area (Å²) in [5, 5.41) is 9.50. The molecule has 0 bridgehead atoms. The van der Waals surface area contributed by atoms with E-state index in [1.165, 1.54) is 5.56 Å². The van der Waals surface area contributed by atoms with E-state index < -0.39 is 6.04 Å². The second-order valence-corrected chi connectivity index (χ2v) is 7.31. The van der Waals surface area contributed by atoms with E-state index >= 15 is 0 Å². The van der Waals surface area contributed by atoms with E-state index in [-0.39, 0.29) is 18.1 Å². The fourth-order valence-corrected chi connectivity index (χ4v) is 3.92. The molecule has 126 valence electrons. The molecule has 1 aliphatic rings. The van der Waals surface area contributed by atoms with Crippen molar-refractivity contribution in [2.75, 3.05) is 11.4 Å². The second-order valence-electron chi connectivity index (χ2n) is 6.46. The van der Waals surface area contributed by atoms with E-state index in [0.29, 0.717) is 5.92 Å². The van der Waals surface area contributed by atoms with Gasteiger partial charge in [-0.3, -0.25) is 4.79 Å². The molecule has 0 saturated heterocycles. The number of nitrogens with two attached hydrogens (primary N) is 1. The van der Waals surface area contributed by atoms with Crippen LogP contribution in [0, 0.1) is 5.92 Å². The van der Waals surface area contributed by atoms with Crippen LogP contribution in [0.25, 0.3) is 0 Å². The molecular weight excluding hydrogens is 368 g/mol. The highest BCUT2D eigenvalue weighted by Crippen LogP contribution is 2.32. The van der Waals surface area contributed by atoms with Crippen molar-refractivity contribution in [1.82, 2.24) is 0 Å². The Morgan fingerprint density at radius 2 is 2.12 bits per heavy atom. The predicted octanol–water partition coefficient (Wildman–Crippen LogP) is 3.77. The van der Waals surface area contributed by atoms with Crippen LogP contribution in [0.5, 0.6) is 5.75 Å². The highest BCUT2D eigenvalue weighted by Gasteiger charge is 2.27. The number of para-hydroxylation sites is 1. The zero-order chi connectivity index (χ0) is 17.3. The number of rotatable bonds is 3. The number of amides is 1. The molecule has 0 aliphatic carbocycles. The minimum absolute atomic E-state index is 0.0291. The van der Waals surface area contributed by atoms with Gasteiger partial charge in [-0.1, -0.05) is 47.1 Å². The molecule has 2 atom stereocenters. The summed E-state index contributed by atoms with van der Waals surface area (Å²) in [7, 11) is 0. The van der Waals surface area contributed by atoms with E-state index in [1.807, 2.05) is 23.1 Å². The third kappa shape index (κ3) is 3.47. The number of fused-ring (bicyclic) bond motifs is 1. The Hall–Kier alpha value is -1.85. The van der Waals surface area contributed by atoms with E-state index in [2.05, 4.69) is 28.9 Å². The highest BCUT2D eigenvalue weighted by atomic mass is 79.9. The SMILES string of the molecule is CC1Cc2ccccc2N(C(=O)CC(N)c2ccc(O)cc2Br)C1. The summed E-state index contributed by atoms with van der Waals surface area (Å²) in [5.41, 5.74) is 9.28. The molecule has 0 fully saturated rings. The van der Waals surface area contributed by atoms with Crippen LogP contribution < -0.4 is 10.6 Å². The van der Waals surface area contributed by atoms with Gasteiger partial charge >= 0.3 is 0 Å². The summed E-state index contributed by atoms with van der Waals surface area (Å²) in [4.78, 5) is 14.7. The number of hydrogen-bond acceptors (Lipinski definition) is 3. The average Bonchev–Trinajstić information content (AvgIpc) is 2.53. The van der Waals surface area contributed by atoms with Crippen molar-refractivity contribution in [2.24, 2.45) is 11.7 Å². The van der Waals surface area contributed by atoms with E-state index in [1.54, 1.807) is 18.2 Å². The first-order chi connectivity index (χ1) is 11.5. The molecule has 1 aliphatic heterocycles. The normalized spacial score (nSPS) is 18.1. The van der Waals surface area contributed by atoms with Crippen molar-refractivity contribution in [1.29, 1.82) is 0 Å². The number of phenols is 1. The van der Waals surface area contributed by atoms with Crippen LogP contribution in [0.1, 0.15) is 30.5 Å². The topological polar surface area (TPSA) is 66.6 Å². The molecule has 5 heteroatoms.